The van der Waals surface area contributed by atoms with Crippen LogP contribution in [0, 0.1) is 6.92 Å². The van der Waals surface area contributed by atoms with Gasteiger partial charge in [0.05, 0.1) is 11.3 Å². The number of nitrogens with one attached hydrogen (secondary N) is 1. The molecule has 0 radical (unpaired) electrons. The van der Waals surface area contributed by atoms with Crippen LogP contribution in [0.15, 0.2) is 70.6 Å². The number of anilines is 1. The van der Waals surface area contributed by atoms with Gasteiger partial charge in [0.25, 0.3) is 15.9 Å². The average Bonchev–Trinajstić information content (AvgIpc) is 2.62. The SMILES string of the molecule is C=C(C(=O)Nc1ccccc1C)C1=Nc2ccccc2S(=O)(=O)N1CC. The van der Waals surface area contributed by atoms with E-state index in [2.05, 4.69) is 16.9 Å². The zero-order valence-corrected chi connectivity index (χ0v) is 15.4. The summed E-state index contributed by atoms with van der Waals surface area (Å²) in [5.74, 6) is -0.455. The van der Waals surface area contributed by atoms with Crippen molar-refractivity contribution >= 4 is 33.1 Å². The summed E-state index contributed by atoms with van der Waals surface area (Å²) in [5, 5.41) is 2.76. The maximum atomic E-state index is 12.9. The molecule has 0 saturated carbocycles. The van der Waals surface area contributed by atoms with Crippen molar-refractivity contribution < 1.29 is 13.2 Å². The molecule has 0 fully saturated rings. The first-order chi connectivity index (χ1) is 12.4. The zero-order valence-electron chi connectivity index (χ0n) is 14.6. The third-order valence-electron chi connectivity index (χ3n) is 4.12. The largest absolute Gasteiger partial charge is 0.322 e. The number of aryl methyl sites for hydroxylation is 1. The van der Waals surface area contributed by atoms with Crippen LogP contribution in [0.1, 0.15) is 12.5 Å². The second-order valence-electron chi connectivity index (χ2n) is 5.82. The van der Waals surface area contributed by atoms with Crippen molar-refractivity contribution in [3.63, 3.8) is 0 Å². The number of carbonyl (C=O) groups is 1. The van der Waals surface area contributed by atoms with Gasteiger partial charge in [-0.15, -0.1) is 0 Å². The van der Waals surface area contributed by atoms with E-state index in [9.17, 15) is 13.2 Å². The van der Waals surface area contributed by atoms with Gasteiger partial charge in [-0.2, -0.15) is 0 Å². The molecule has 0 spiro atoms. The van der Waals surface area contributed by atoms with Crippen molar-refractivity contribution in [3.05, 3.63) is 66.2 Å². The molecule has 0 aromatic heterocycles. The Labute approximate surface area is 152 Å². The van der Waals surface area contributed by atoms with Crippen molar-refractivity contribution in [1.29, 1.82) is 0 Å². The number of para-hydroxylation sites is 2. The molecular formula is C19H19N3O3S. The molecule has 6 nitrogen and oxygen atoms in total. The third kappa shape index (κ3) is 3.01. The number of benzene rings is 2. The fraction of sp³-hybridized carbons (Fsp3) is 0.158. The smallest absolute Gasteiger partial charge is 0.267 e. The van der Waals surface area contributed by atoms with E-state index in [1.807, 2.05) is 25.1 Å². The maximum Gasteiger partial charge on any atom is 0.267 e. The van der Waals surface area contributed by atoms with E-state index < -0.39 is 15.9 Å². The number of amidine groups is 1. The molecule has 134 valence electrons. The van der Waals surface area contributed by atoms with Gasteiger partial charge in [0.1, 0.15) is 4.90 Å². The molecule has 26 heavy (non-hydrogen) atoms. The number of hydrogen-bond acceptors (Lipinski definition) is 4. The molecule has 2 aromatic carbocycles. The highest BCUT2D eigenvalue weighted by Gasteiger charge is 2.35. The maximum absolute atomic E-state index is 12.9. The monoisotopic (exact) mass is 369 g/mol. The number of hydrogen-bond donors (Lipinski definition) is 1. The van der Waals surface area contributed by atoms with Gasteiger partial charge in [-0.25, -0.2) is 17.7 Å². The Balaban J connectivity index is 1.99. The van der Waals surface area contributed by atoms with Gasteiger partial charge < -0.3 is 5.32 Å². The fourth-order valence-electron chi connectivity index (χ4n) is 2.72. The molecule has 1 heterocycles. The van der Waals surface area contributed by atoms with Crippen molar-refractivity contribution in [2.75, 3.05) is 11.9 Å². The van der Waals surface area contributed by atoms with Crippen molar-refractivity contribution in [3.8, 4) is 0 Å². The summed E-state index contributed by atoms with van der Waals surface area (Å²) in [4.78, 5) is 17.1. The van der Waals surface area contributed by atoms with Gasteiger partial charge in [0.15, 0.2) is 5.84 Å². The second-order valence-corrected chi connectivity index (χ2v) is 7.65. The summed E-state index contributed by atoms with van der Waals surface area (Å²) >= 11 is 0. The molecule has 0 atom stereocenters. The van der Waals surface area contributed by atoms with E-state index in [1.165, 1.54) is 6.07 Å². The molecule has 0 saturated heterocycles. The zero-order chi connectivity index (χ0) is 18.9. The van der Waals surface area contributed by atoms with Gasteiger partial charge in [-0.3, -0.25) is 4.79 Å². The van der Waals surface area contributed by atoms with Crippen LogP contribution in [0.3, 0.4) is 0 Å². The number of likely N-dealkylation sites (N-methyl/N-ethyl adjacent to an activating group) is 1. The molecule has 7 heteroatoms. The first-order valence-electron chi connectivity index (χ1n) is 8.13. The van der Waals surface area contributed by atoms with Crippen molar-refractivity contribution in [2.45, 2.75) is 18.7 Å². The average molecular weight is 369 g/mol. The molecule has 0 unspecified atom stereocenters. The summed E-state index contributed by atoms with van der Waals surface area (Å²) < 4.78 is 26.8. The van der Waals surface area contributed by atoms with Gasteiger partial charge in [-0.05, 0) is 37.6 Å². The van der Waals surface area contributed by atoms with Gasteiger partial charge in [-0.1, -0.05) is 36.9 Å². The standard InChI is InChI=1S/C19H19N3O3S/c1-4-22-18(20-16-11-7-8-12-17(16)26(22,24)25)14(3)19(23)21-15-10-6-5-9-13(15)2/h5-12H,3-4H2,1-2H3,(H,21,23). The molecule has 0 bridgehead atoms. The van der Waals surface area contributed by atoms with Crippen molar-refractivity contribution in [1.82, 2.24) is 4.31 Å². The highest BCUT2D eigenvalue weighted by molar-refractivity contribution is 7.90. The van der Waals surface area contributed by atoms with Crippen LogP contribution >= 0.6 is 0 Å². The molecule has 0 aliphatic carbocycles. The minimum Gasteiger partial charge on any atom is -0.322 e. The molecule has 1 amide bonds. The van der Waals surface area contributed by atoms with E-state index >= 15 is 0 Å². The van der Waals surface area contributed by atoms with Crippen LogP contribution < -0.4 is 5.32 Å². The molecule has 2 aromatic rings. The van der Waals surface area contributed by atoms with Crippen LogP contribution in [-0.4, -0.2) is 31.0 Å². The van der Waals surface area contributed by atoms with E-state index in [4.69, 9.17) is 0 Å². The van der Waals surface area contributed by atoms with Gasteiger partial charge in [0.2, 0.25) is 0 Å². The highest BCUT2D eigenvalue weighted by atomic mass is 32.2. The van der Waals surface area contributed by atoms with E-state index in [-0.39, 0.29) is 22.8 Å². The van der Waals surface area contributed by atoms with Crippen LogP contribution in [0.4, 0.5) is 11.4 Å². The van der Waals surface area contributed by atoms with Crippen LogP contribution in [0.25, 0.3) is 0 Å². The predicted molar refractivity (Wildman–Crippen MR) is 102 cm³/mol. The van der Waals surface area contributed by atoms with Gasteiger partial charge >= 0.3 is 0 Å². The van der Waals surface area contributed by atoms with Crippen molar-refractivity contribution in [2.24, 2.45) is 4.99 Å². The number of fused-ring (bicyclic) bond motifs is 1. The molecule has 3 rings (SSSR count). The Hall–Kier alpha value is -2.93. The lowest BCUT2D eigenvalue weighted by Gasteiger charge is -2.29. The molecule has 1 N–H and O–H groups in total. The minimum absolute atomic E-state index is 0.00631. The second kappa shape index (κ2) is 6.76. The van der Waals surface area contributed by atoms with Crippen LogP contribution in [0.5, 0.6) is 0 Å². The summed E-state index contributed by atoms with van der Waals surface area (Å²) in [5.41, 5.74) is 1.83. The van der Waals surface area contributed by atoms with Crippen LogP contribution in [-0.2, 0) is 14.8 Å². The first kappa shape index (κ1) is 17.9. The first-order valence-corrected chi connectivity index (χ1v) is 9.57. The number of sulfonamides is 1. The van der Waals surface area contributed by atoms with Crippen LogP contribution in [0.2, 0.25) is 0 Å². The van der Waals surface area contributed by atoms with E-state index in [1.54, 1.807) is 31.2 Å². The fourth-order valence-corrected chi connectivity index (χ4v) is 4.30. The van der Waals surface area contributed by atoms with E-state index in [0.29, 0.717) is 11.4 Å². The van der Waals surface area contributed by atoms with Gasteiger partial charge in [0, 0.05) is 12.2 Å². The van der Waals surface area contributed by atoms with E-state index in [0.717, 1.165) is 9.87 Å². The number of nitrogens with zero attached hydrogens (tertiary/aromatic N) is 2. The Morgan fingerprint density at radius 1 is 1.15 bits per heavy atom. The lowest BCUT2D eigenvalue weighted by atomic mass is 10.2. The topological polar surface area (TPSA) is 78.8 Å². The Bertz CT molecular complexity index is 1030. The Morgan fingerprint density at radius 2 is 1.81 bits per heavy atom. The molecule has 1 aliphatic rings. The lowest BCUT2D eigenvalue weighted by Crippen LogP contribution is -2.41. The Kier molecular flexibility index (Phi) is 4.65. The third-order valence-corrected chi connectivity index (χ3v) is 6.03. The number of rotatable bonds is 4. The summed E-state index contributed by atoms with van der Waals surface area (Å²) in [6, 6.07) is 13.8. The normalized spacial score (nSPS) is 15.0. The lowest BCUT2D eigenvalue weighted by molar-refractivity contribution is -0.112. The predicted octanol–water partition coefficient (Wildman–Crippen LogP) is 3.24. The highest BCUT2D eigenvalue weighted by Crippen LogP contribution is 2.33. The summed E-state index contributed by atoms with van der Waals surface area (Å²) in [6.07, 6.45) is 0. The number of amides is 1. The summed E-state index contributed by atoms with van der Waals surface area (Å²) in [6.45, 7) is 7.50. The molecule has 1 aliphatic heterocycles. The number of carbonyl (C=O) groups excluding carboxylic acids is 1. The minimum atomic E-state index is -3.78. The summed E-state index contributed by atoms with van der Waals surface area (Å²) in [7, 11) is -3.78. The quantitative estimate of drug-likeness (QED) is 0.840. The molecular weight excluding hydrogens is 350 g/mol. The Morgan fingerprint density at radius 3 is 2.50 bits per heavy atom. The number of aliphatic imine (C=N–C) groups is 1.